The molecule has 7 heteroatoms. The molecule has 6 nitrogen and oxygen atoms in total. The number of carbonyl (C=O) groups is 2. The molecule has 1 fully saturated rings. The minimum Gasteiger partial charge on any atom is -0.349 e. The van der Waals surface area contributed by atoms with Gasteiger partial charge >= 0.3 is 0 Å². The van der Waals surface area contributed by atoms with E-state index in [0.717, 1.165) is 42.9 Å². The molecule has 28 heavy (non-hydrogen) atoms. The highest BCUT2D eigenvalue weighted by atomic mass is 32.1. The van der Waals surface area contributed by atoms with E-state index in [1.807, 2.05) is 37.3 Å². The predicted octanol–water partition coefficient (Wildman–Crippen LogP) is 3.36. The van der Waals surface area contributed by atoms with Gasteiger partial charge < -0.3 is 5.32 Å². The summed E-state index contributed by atoms with van der Waals surface area (Å²) >= 11 is 1.47. The van der Waals surface area contributed by atoms with Gasteiger partial charge in [-0.2, -0.15) is 0 Å². The Balaban J connectivity index is 1.44. The van der Waals surface area contributed by atoms with Gasteiger partial charge in [-0.05, 0) is 44.5 Å². The average molecular weight is 399 g/mol. The predicted molar refractivity (Wildman–Crippen MR) is 112 cm³/mol. The summed E-state index contributed by atoms with van der Waals surface area (Å²) in [5.74, 6) is -0.0491. The summed E-state index contributed by atoms with van der Waals surface area (Å²) in [5.41, 5.74) is 1.12. The van der Waals surface area contributed by atoms with Crippen molar-refractivity contribution in [3.63, 3.8) is 0 Å². The first-order valence-electron chi connectivity index (χ1n) is 9.51. The molecule has 2 aromatic rings. The first kappa shape index (κ1) is 20.2. The maximum absolute atomic E-state index is 12.6. The van der Waals surface area contributed by atoms with Crippen molar-refractivity contribution < 1.29 is 9.59 Å². The Hall–Kier alpha value is -2.51. The number of piperidine rings is 1. The summed E-state index contributed by atoms with van der Waals surface area (Å²) in [6, 6.07) is 10.1. The number of rotatable bonds is 7. The van der Waals surface area contributed by atoms with Crippen LogP contribution in [0.4, 0.5) is 5.13 Å². The molecule has 3 rings (SSSR count). The van der Waals surface area contributed by atoms with Gasteiger partial charge in [0.05, 0.1) is 6.04 Å². The van der Waals surface area contributed by atoms with Crippen molar-refractivity contribution in [2.45, 2.75) is 32.4 Å². The van der Waals surface area contributed by atoms with Crippen LogP contribution in [0.25, 0.3) is 0 Å². The highest BCUT2D eigenvalue weighted by Gasteiger charge is 2.26. The fourth-order valence-corrected chi connectivity index (χ4v) is 4.18. The molecule has 0 aliphatic carbocycles. The van der Waals surface area contributed by atoms with Gasteiger partial charge in [0.25, 0.3) is 0 Å². The topological polar surface area (TPSA) is 74.3 Å². The first-order chi connectivity index (χ1) is 13.5. The molecule has 1 unspecified atom stereocenters. The lowest BCUT2D eigenvalue weighted by molar-refractivity contribution is -0.127. The summed E-state index contributed by atoms with van der Waals surface area (Å²) in [4.78, 5) is 31.6. The van der Waals surface area contributed by atoms with Gasteiger partial charge in [0, 0.05) is 23.5 Å². The van der Waals surface area contributed by atoms with Gasteiger partial charge in [-0.15, -0.1) is 11.3 Å². The van der Waals surface area contributed by atoms with Crippen LogP contribution in [-0.4, -0.2) is 34.8 Å². The Labute approximate surface area is 169 Å². The number of amides is 2. The molecule has 1 atom stereocenters. The minimum absolute atomic E-state index is 0.0214. The summed E-state index contributed by atoms with van der Waals surface area (Å²) < 4.78 is 0. The first-order valence-corrected chi connectivity index (χ1v) is 10.3. The number of likely N-dealkylation sites (tertiary alicyclic amines) is 1. The van der Waals surface area contributed by atoms with Crippen LogP contribution in [0.1, 0.15) is 36.2 Å². The normalized spacial score (nSPS) is 16.3. The van der Waals surface area contributed by atoms with Crippen LogP contribution in [0.3, 0.4) is 0 Å². The van der Waals surface area contributed by atoms with Crippen LogP contribution in [0.2, 0.25) is 0 Å². The lowest BCUT2D eigenvalue weighted by Crippen LogP contribution is -2.40. The van der Waals surface area contributed by atoms with E-state index in [-0.39, 0.29) is 23.8 Å². The highest BCUT2D eigenvalue weighted by molar-refractivity contribution is 7.15. The fourth-order valence-electron chi connectivity index (χ4n) is 3.32. The van der Waals surface area contributed by atoms with Crippen molar-refractivity contribution in [3.8, 4) is 0 Å². The zero-order chi connectivity index (χ0) is 19.9. The van der Waals surface area contributed by atoms with Crippen LogP contribution >= 0.6 is 11.3 Å². The largest absolute Gasteiger partial charge is 0.349 e. The third-order valence-corrected chi connectivity index (χ3v) is 5.86. The number of carbonyl (C=O) groups excluding carboxylic acids is 2. The lowest BCUT2D eigenvalue weighted by Gasteiger charge is -2.31. The molecule has 0 bridgehead atoms. The quantitative estimate of drug-likeness (QED) is 0.702. The molecular weight excluding hydrogens is 372 g/mol. The standard InChI is InChI=1S/C21H26N4O2S/c1-3-19(26)24-21-22-13-18(28-21)14-25-11-9-17(10-12-25)20(27)23-15(2)16-7-5-4-6-8-16/h3-8,13,15,17H,1,9-12,14H2,2H3,(H,23,27)(H,22,24,26). The van der Waals surface area contributed by atoms with Gasteiger partial charge in [0.15, 0.2) is 5.13 Å². The van der Waals surface area contributed by atoms with Crippen LogP contribution in [0.5, 0.6) is 0 Å². The van der Waals surface area contributed by atoms with E-state index in [4.69, 9.17) is 0 Å². The molecule has 1 aromatic heterocycles. The van der Waals surface area contributed by atoms with Crippen LogP contribution in [0.15, 0.2) is 49.2 Å². The Kier molecular flexibility index (Phi) is 6.95. The third kappa shape index (κ3) is 5.50. The second-order valence-electron chi connectivity index (χ2n) is 7.02. The van der Waals surface area contributed by atoms with E-state index in [1.54, 1.807) is 6.20 Å². The minimum atomic E-state index is -0.252. The van der Waals surface area contributed by atoms with Crippen LogP contribution in [-0.2, 0) is 16.1 Å². The molecule has 1 aliphatic heterocycles. The molecule has 1 saturated heterocycles. The Morgan fingerprint density at radius 2 is 2.04 bits per heavy atom. The second-order valence-corrected chi connectivity index (χ2v) is 8.13. The molecule has 1 aromatic carbocycles. The van der Waals surface area contributed by atoms with Gasteiger partial charge in [-0.3, -0.25) is 19.8 Å². The average Bonchev–Trinajstić information content (AvgIpc) is 3.15. The number of anilines is 1. The molecule has 1 aliphatic rings. The van der Waals surface area contributed by atoms with Crippen LogP contribution in [0, 0.1) is 5.92 Å². The van der Waals surface area contributed by atoms with E-state index in [1.165, 1.54) is 17.4 Å². The summed E-state index contributed by atoms with van der Waals surface area (Å²) in [5, 5.41) is 6.41. The molecular formula is C21H26N4O2S. The zero-order valence-corrected chi connectivity index (χ0v) is 16.9. The number of hydrogen-bond donors (Lipinski definition) is 2. The maximum Gasteiger partial charge on any atom is 0.249 e. The second kappa shape index (κ2) is 9.61. The van der Waals surface area contributed by atoms with Crippen molar-refractivity contribution >= 4 is 28.3 Å². The van der Waals surface area contributed by atoms with E-state index < -0.39 is 0 Å². The van der Waals surface area contributed by atoms with Crippen molar-refractivity contribution in [3.05, 3.63) is 59.6 Å². The smallest absolute Gasteiger partial charge is 0.249 e. The van der Waals surface area contributed by atoms with Crippen molar-refractivity contribution in [1.29, 1.82) is 0 Å². The summed E-state index contributed by atoms with van der Waals surface area (Å²) in [6.45, 7) is 8.01. The summed E-state index contributed by atoms with van der Waals surface area (Å²) in [7, 11) is 0. The van der Waals surface area contributed by atoms with Gasteiger partial charge in [-0.25, -0.2) is 4.98 Å². The van der Waals surface area contributed by atoms with Gasteiger partial charge in [0.1, 0.15) is 0 Å². The fraction of sp³-hybridized carbons (Fsp3) is 0.381. The Morgan fingerprint density at radius 1 is 1.32 bits per heavy atom. The molecule has 0 radical (unpaired) electrons. The van der Waals surface area contributed by atoms with Gasteiger partial charge in [-0.1, -0.05) is 36.9 Å². The number of nitrogens with one attached hydrogen (secondary N) is 2. The van der Waals surface area contributed by atoms with E-state index >= 15 is 0 Å². The third-order valence-electron chi connectivity index (χ3n) is 4.97. The number of nitrogens with zero attached hydrogens (tertiary/aromatic N) is 2. The SMILES string of the molecule is C=CC(=O)Nc1ncc(CN2CCC(C(=O)NC(C)c3ccccc3)CC2)s1. The van der Waals surface area contributed by atoms with Crippen molar-refractivity contribution in [1.82, 2.24) is 15.2 Å². The molecule has 148 valence electrons. The van der Waals surface area contributed by atoms with E-state index in [0.29, 0.717) is 5.13 Å². The lowest BCUT2D eigenvalue weighted by atomic mass is 9.95. The molecule has 2 heterocycles. The number of hydrogen-bond acceptors (Lipinski definition) is 5. The van der Waals surface area contributed by atoms with Crippen LogP contribution < -0.4 is 10.6 Å². The number of aromatic nitrogens is 1. The van der Waals surface area contributed by atoms with Gasteiger partial charge in [0.2, 0.25) is 11.8 Å². The molecule has 0 spiro atoms. The molecule has 2 amide bonds. The van der Waals surface area contributed by atoms with E-state index in [2.05, 4.69) is 27.1 Å². The Morgan fingerprint density at radius 3 is 2.71 bits per heavy atom. The van der Waals surface area contributed by atoms with Crippen molar-refractivity contribution in [2.24, 2.45) is 5.92 Å². The van der Waals surface area contributed by atoms with Crippen molar-refractivity contribution in [2.75, 3.05) is 18.4 Å². The zero-order valence-electron chi connectivity index (χ0n) is 16.1. The number of benzene rings is 1. The Bertz CT molecular complexity index is 813. The molecule has 0 saturated carbocycles. The summed E-state index contributed by atoms with van der Waals surface area (Å²) in [6.07, 6.45) is 4.73. The monoisotopic (exact) mass is 398 g/mol. The maximum atomic E-state index is 12.6. The van der Waals surface area contributed by atoms with E-state index in [9.17, 15) is 9.59 Å². The highest BCUT2D eigenvalue weighted by Crippen LogP contribution is 2.24. The molecule has 2 N–H and O–H groups in total. The number of thiazole rings is 1.